The van der Waals surface area contributed by atoms with E-state index in [1.54, 1.807) is 7.11 Å². The summed E-state index contributed by atoms with van der Waals surface area (Å²) in [7, 11) is 3.85. The third kappa shape index (κ3) is 3.33. The summed E-state index contributed by atoms with van der Waals surface area (Å²) >= 11 is 0. The van der Waals surface area contributed by atoms with Crippen molar-refractivity contribution in [1.82, 2.24) is 15.1 Å². The third-order valence-electron chi connectivity index (χ3n) is 4.18. The summed E-state index contributed by atoms with van der Waals surface area (Å²) in [5, 5.41) is 8.03. The van der Waals surface area contributed by atoms with Crippen LogP contribution in [0.5, 0.6) is 0 Å². The second-order valence-electron chi connectivity index (χ2n) is 5.68. The van der Waals surface area contributed by atoms with Crippen molar-refractivity contribution < 1.29 is 4.74 Å². The zero-order valence-corrected chi connectivity index (χ0v) is 13.3. The van der Waals surface area contributed by atoms with E-state index in [0.717, 1.165) is 38.5 Å². The Balaban J connectivity index is 2.08. The predicted octanol–water partition coefficient (Wildman–Crippen LogP) is 1.70. The van der Waals surface area contributed by atoms with Gasteiger partial charge in [0.05, 0.1) is 5.69 Å². The van der Waals surface area contributed by atoms with E-state index in [1.807, 2.05) is 4.68 Å². The second kappa shape index (κ2) is 7.09. The van der Waals surface area contributed by atoms with Gasteiger partial charge in [0.1, 0.15) is 5.82 Å². The number of hydrogen-bond acceptors (Lipinski definition) is 4. The molecule has 0 saturated carbocycles. The number of ether oxygens (including phenoxy) is 1. The molecule has 0 unspecified atom stereocenters. The van der Waals surface area contributed by atoms with Crippen molar-refractivity contribution in [3.63, 3.8) is 0 Å². The van der Waals surface area contributed by atoms with Crippen molar-refractivity contribution in [3.8, 4) is 0 Å². The zero-order chi connectivity index (χ0) is 14.5. The van der Waals surface area contributed by atoms with Gasteiger partial charge < -0.3 is 15.0 Å². The first kappa shape index (κ1) is 15.3. The number of methoxy groups -OCH3 is 1. The summed E-state index contributed by atoms with van der Waals surface area (Å²) in [4.78, 5) is 2.48. The van der Waals surface area contributed by atoms with Crippen LogP contribution in [0.4, 0.5) is 5.82 Å². The predicted molar refractivity (Wildman–Crippen MR) is 82.1 cm³/mol. The van der Waals surface area contributed by atoms with Crippen LogP contribution in [0.1, 0.15) is 31.0 Å². The summed E-state index contributed by atoms with van der Waals surface area (Å²) in [5.74, 6) is 2.00. The van der Waals surface area contributed by atoms with Gasteiger partial charge >= 0.3 is 0 Å². The van der Waals surface area contributed by atoms with Crippen LogP contribution < -0.4 is 10.2 Å². The highest BCUT2D eigenvalue weighted by atomic mass is 16.5. The molecule has 0 radical (unpaired) electrons. The maximum Gasteiger partial charge on any atom is 0.131 e. The lowest BCUT2D eigenvalue weighted by Crippen LogP contribution is -2.37. The first-order valence-corrected chi connectivity index (χ1v) is 7.64. The molecular weight excluding hydrogens is 252 g/mol. The smallest absolute Gasteiger partial charge is 0.131 e. The molecule has 0 spiro atoms. The lowest BCUT2D eigenvalue weighted by Gasteiger charge is -2.33. The summed E-state index contributed by atoms with van der Waals surface area (Å²) in [6.07, 6.45) is 2.41. The molecule has 20 heavy (non-hydrogen) atoms. The van der Waals surface area contributed by atoms with Crippen LogP contribution in [0.25, 0.3) is 0 Å². The lowest BCUT2D eigenvalue weighted by molar-refractivity contribution is 0.139. The van der Waals surface area contributed by atoms with Gasteiger partial charge in [-0.1, -0.05) is 6.92 Å². The summed E-state index contributed by atoms with van der Waals surface area (Å²) in [6.45, 7) is 9.24. The molecule has 1 saturated heterocycles. The zero-order valence-electron chi connectivity index (χ0n) is 13.3. The average Bonchev–Trinajstić information content (AvgIpc) is 2.72. The van der Waals surface area contributed by atoms with Gasteiger partial charge in [-0.05, 0) is 32.2 Å². The van der Waals surface area contributed by atoms with Gasteiger partial charge in [0.2, 0.25) is 0 Å². The molecule has 1 fully saturated rings. The molecule has 1 aliphatic rings. The Kier molecular flexibility index (Phi) is 5.43. The van der Waals surface area contributed by atoms with E-state index in [4.69, 9.17) is 4.74 Å². The standard InChI is InChI=1S/C15H28N4O/c1-5-16-10-14-12(2)17-18(3)15(14)19-8-6-13(7-9-19)11-20-4/h13,16H,5-11H2,1-4H3. The van der Waals surface area contributed by atoms with Crippen LogP contribution in [0, 0.1) is 12.8 Å². The average molecular weight is 280 g/mol. The number of nitrogens with zero attached hydrogens (tertiary/aromatic N) is 3. The molecule has 1 N–H and O–H groups in total. The van der Waals surface area contributed by atoms with Gasteiger partial charge in [0, 0.05) is 46.0 Å². The molecule has 1 aromatic heterocycles. The van der Waals surface area contributed by atoms with Crippen molar-refractivity contribution in [1.29, 1.82) is 0 Å². The van der Waals surface area contributed by atoms with Gasteiger partial charge in [-0.3, -0.25) is 4.68 Å². The van der Waals surface area contributed by atoms with Gasteiger partial charge in [0.25, 0.3) is 0 Å². The molecule has 0 aliphatic carbocycles. The Morgan fingerprint density at radius 2 is 2.05 bits per heavy atom. The molecule has 2 rings (SSSR count). The molecule has 0 bridgehead atoms. The van der Waals surface area contributed by atoms with Crippen LogP contribution in [-0.4, -0.2) is 43.1 Å². The van der Waals surface area contributed by atoms with E-state index >= 15 is 0 Å². The van der Waals surface area contributed by atoms with E-state index in [9.17, 15) is 0 Å². The first-order chi connectivity index (χ1) is 9.67. The molecule has 1 aliphatic heterocycles. The van der Waals surface area contributed by atoms with E-state index < -0.39 is 0 Å². The molecule has 2 heterocycles. The first-order valence-electron chi connectivity index (χ1n) is 7.64. The number of aryl methyl sites for hydroxylation is 2. The summed E-state index contributed by atoms with van der Waals surface area (Å²) < 4.78 is 7.32. The van der Waals surface area contributed by atoms with Crippen LogP contribution in [0.2, 0.25) is 0 Å². The van der Waals surface area contributed by atoms with E-state index in [1.165, 1.54) is 24.2 Å². The maximum absolute atomic E-state index is 5.28. The van der Waals surface area contributed by atoms with Crippen LogP contribution in [0.3, 0.4) is 0 Å². The largest absolute Gasteiger partial charge is 0.384 e. The Bertz CT molecular complexity index is 422. The van der Waals surface area contributed by atoms with E-state index in [-0.39, 0.29) is 0 Å². The number of aromatic nitrogens is 2. The van der Waals surface area contributed by atoms with E-state index in [0.29, 0.717) is 5.92 Å². The van der Waals surface area contributed by atoms with Crippen molar-refractivity contribution >= 4 is 5.82 Å². The number of hydrogen-bond donors (Lipinski definition) is 1. The molecule has 5 heteroatoms. The molecule has 0 amide bonds. The lowest BCUT2D eigenvalue weighted by atomic mass is 9.97. The molecule has 0 aromatic carbocycles. The minimum Gasteiger partial charge on any atom is -0.384 e. The fourth-order valence-corrected chi connectivity index (χ4v) is 3.09. The van der Waals surface area contributed by atoms with Gasteiger partial charge in [-0.15, -0.1) is 0 Å². The number of rotatable bonds is 6. The quantitative estimate of drug-likeness (QED) is 0.861. The normalized spacial score (nSPS) is 16.9. The van der Waals surface area contributed by atoms with Gasteiger partial charge in [-0.25, -0.2) is 0 Å². The van der Waals surface area contributed by atoms with Crippen LogP contribution >= 0.6 is 0 Å². The third-order valence-corrected chi connectivity index (χ3v) is 4.18. The Morgan fingerprint density at radius 3 is 2.65 bits per heavy atom. The van der Waals surface area contributed by atoms with Gasteiger partial charge in [-0.2, -0.15) is 5.10 Å². The summed E-state index contributed by atoms with van der Waals surface area (Å²) in [5.41, 5.74) is 2.49. The van der Waals surface area contributed by atoms with E-state index in [2.05, 4.69) is 36.2 Å². The molecular formula is C15H28N4O. The number of piperidine rings is 1. The maximum atomic E-state index is 5.28. The molecule has 5 nitrogen and oxygen atoms in total. The van der Waals surface area contributed by atoms with Crippen molar-refractivity contribution in [2.24, 2.45) is 13.0 Å². The fraction of sp³-hybridized carbons (Fsp3) is 0.800. The van der Waals surface area contributed by atoms with Crippen molar-refractivity contribution in [2.45, 2.75) is 33.2 Å². The Hall–Kier alpha value is -1.07. The van der Waals surface area contributed by atoms with Crippen molar-refractivity contribution in [2.75, 3.05) is 38.3 Å². The minimum absolute atomic E-state index is 0.711. The highest BCUT2D eigenvalue weighted by Gasteiger charge is 2.24. The SMILES string of the molecule is CCNCc1c(C)nn(C)c1N1CCC(COC)CC1. The monoisotopic (exact) mass is 280 g/mol. The fourth-order valence-electron chi connectivity index (χ4n) is 3.09. The highest BCUT2D eigenvalue weighted by molar-refractivity contribution is 5.50. The minimum atomic E-state index is 0.711. The van der Waals surface area contributed by atoms with Gasteiger partial charge in [0.15, 0.2) is 0 Å². The van der Waals surface area contributed by atoms with Crippen molar-refractivity contribution in [3.05, 3.63) is 11.3 Å². The molecule has 0 atom stereocenters. The Labute approximate surface area is 122 Å². The second-order valence-corrected chi connectivity index (χ2v) is 5.68. The topological polar surface area (TPSA) is 42.3 Å². The summed E-state index contributed by atoms with van der Waals surface area (Å²) in [6, 6.07) is 0. The highest BCUT2D eigenvalue weighted by Crippen LogP contribution is 2.28. The van der Waals surface area contributed by atoms with Crippen LogP contribution in [0.15, 0.2) is 0 Å². The number of nitrogens with one attached hydrogen (secondary N) is 1. The molecule has 1 aromatic rings. The van der Waals surface area contributed by atoms with Crippen LogP contribution in [-0.2, 0) is 18.3 Å². The molecule has 114 valence electrons. The number of anilines is 1. The Morgan fingerprint density at radius 1 is 1.35 bits per heavy atom.